The third-order valence-electron chi connectivity index (χ3n) is 6.57. The molecule has 0 aliphatic carbocycles. The van der Waals surface area contributed by atoms with Crippen LogP contribution in [0, 0.1) is 0 Å². The summed E-state index contributed by atoms with van der Waals surface area (Å²) in [6.45, 7) is 4.37. The number of hydrogen-bond donors (Lipinski definition) is 1. The fourth-order valence-electron chi connectivity index (χ4n) is 4.76. The van der Waals surface area contributed by atoms with Gasteiger partial charge in [-0.3, -0.25) is 9.69 Å². The Balaban J connectivity index is 1.63. The summed E-state index contributed by atoms with van der Waals surface area (Å²) in [6, 6.07) is 25.9. The number of allylic oxidation sites excluding steroid dienone is 1. The first kappa shape index (κ1) is 26.1. The highest BCUT2D eigenvalue weighted by Gasteiger charge is 2.16. The summed E-state index contributed by atoms with van der Waals surface area (Å²) in [4.78, 5) is 25.5. The maximum atomic E-state index is 12.5. The molecule has 0 unspecified atom stereocenters. The normalized spacial score (nSPS) is 14.8. The molecule has 0 radical (unpaired) electrons. The summed E-state index contributed by atoms with van der Waals surface area (Å²) >= 11 is 0. The molecule has 1 aliphatic heterocycles. The molecule has 4 rings (SSSR count). The summed E-state index contributed by atoms with van der Waals surface area (Å²) in [5.41, 5.74) is 6.30. The number of carboxylic acid groups (broad SMARTS) is 1. The Labute approximate surface area is 218 Å². The number of carbonyl (C=O) groups excluding carboxylic acids is 1. The van der Waals surface area contributed by atoms with E-state index in [0.29, 0.717) is 12.3 Å². The highest BCUT2D eigenvalue weighted by molar-refractivity contribution is 5.98. The molecule has 0 atom stereocenters. The second-order valence-corrected chi connectivity index (χ2v) is 9.20. The van der Waals surface area contributed by atoms with Crippen LogP contribution in [0.2, 0.25) is 0 Å². The lowest BCUT2D eigenvalue weighted by Crippen LogP contribution is -2.36. The van der Waals surface area contributed by atoms with E-state index < -0.39 is 5.97 Å². The number of nitrogens with zero attached hydrogens (tertiary/aromatic N) is 1. The molecule has 1 saturated heterocycles. The molecule has 5 heteroatoms. The van der Waals surface area contributed by atoms with Crippen molar-refractivity contribution in [3.05, 3.63) is 107 Å². The molecule has 1 N–H and O–H groups in total. The van der Waals surface area contributed by atoms with Crippen LogP contribution in [0.3, 0.4) is 0 Å². The van der Waals surface area contributed by atoms with Gasteiger partial charge in [-0.25, -0.2) is 4.79 Å². The molecule has 0 amide bonds. The Morgan fingerprint density at radius 1 is 0.838 bits per heavy atom. The van der Waals surface area contributed by atoms with Crippen LogP contribution >= 0.6 is 0 Å². The van der Waals surface area contributed by atoms with Gasteiger partial charge in [-0.1, -0.05) is 80.1 Å². The van der Waals surface area contributed by atoms with Crippen molar-refractivity contribution in [3.63, 3.8) is 0 Å². The zero-order valence-electron chi connectivity index (χ0n) is 21.2. The molecule has 190 valence electrons. The van der Waals surface area contributed by atoms with Gasteiger partial charge in [0.05, 0.1) is 6.54 Å². The number of benzene rings is 3. The topological polar surface area (TPSA) is 66.8 Å². The van der Waals surface area contributed by atoms with Gasteiger partial charge in [0.15, 0.2) is 0 Å². The maximum absolute atomic E-state index is 12.5. The van der Waals surface area contributed by atoms with Crippen LogP contribution in [0.15, 0.2) is 84.9 Å². The second kappa shape index (κ2) is 12.8. The average Bonchev–Trinajstić information content (AvgIpc) is 2.92. The van der Waals surface area contributed by atoms with E-state index >= 15 is 0 Å². The summed E-state index contributed by atoms with van der Waals surface area (Å²) in [6.07, 6.45) is 7.04. The number of ether oxygens (including phenoxy) is 1. The van der Waals surface area contributed by atoms with Crippen molar-refractivity contribution in [1.29, 1.82) is 0 Å². The molecule has 1 aliphatic rings. The molecule has 0 spiro atoms. The minimum absolute atomic E-state index is 0.228. The van der Waals surface area contributed by atoms with Gasteiger partial charge in [0.25, 0.3) is 0 Å². The van der Waals surface area contributed by atoms with Gasteiger partial charge in [0.2, 0.25) is 0 Å². The van der Waals surface area contributed by atoms with Gasteiger partial charge < -0.3 is 9.84 Å². The second-order valence-electron chi connectivity index (χ2n) is 9.20. The molecule has 0 bridgehead atoms. The zero-order chi connectivity index (χ0) is 26.0. The van der Waals surface area contributed by atoms with E-state index in [-0.39, 0.29) is 5.97 Å². The Morgan fingerprint density at radius 3 is 2.05 bits per heavy atom. The lowest BCUT2D eigenvalue weighted by molar-refractivity contribution is -0.136. The lowest BCUT2D eigenvalue weighted by atomic mass is 9.88. The van der Waals surface area contributed by atoms with Crippen molar-refractivity contribution < 1.29 is 19.4 Å². The first-order valence-electron chi connectivity index (χ1n) is 12.9. The van der Waals surface area contributed by atoms with E-state index in [0.717, 1.165) is 66.3 Å². The van der Waals surface area contributed by atoms with E-state index in [1.165, 1.54) is 12.0 Å². The summed E-state index contributed by atoms with van der Waals surface area (Å²) in [5, 5.41) is 8.93. The molecule has 1 heterocycles. The number of rotatable bonds is 9. The Morgan fingerprint density at radius 2 is 1.46 bits per heavy atom. The lowest BCUT2D eigenvalue weighted by Gasteiger charge is -2.25. The Kier molecular flexibility index (Phi) is 9.06. The van der Waals surface area contributed by atoms with Crippen molar-refractivity contribution >= 4 is 29.2 Å². The van der Waals surface area contributed by atoms with Crippen LogP contribution < -0.4 is 4.74 Å². The molecule has 3 aromatic carbocycles. The first-order chi connectivity index (χ1) is 18.0. The smallest absolute Gasteiger partial charge is 0.328 e. The number of piperidine rings is 1. The van der Waals surface area contributed by atoms with E-state index in [2.05, 4.69) is 24.0 Å². The third kappa shape index (κ3) is 7.28. The molecular formula is C32H33NO4. The van der Waals surface area contributed by atoms with Gasteiger partial charge in [0, 0.05) is 6.08 Å². The summed E-state index contributed by atoms with van der Waals surface area (Å²) in [5.74, 6) is -0.662. The quantitative estimate of drug-likeness (QED) is 0.158. The molecule has 5 nitrogen and oxygen atoms in total. The van der Waals surface area contributed by atoms with Gasteiger partial charge in [-0.2, -0.15) is 0 Å². The van der Waals surface area contributed by atoms with Crippen LogP contribution in [0.1, 0.15) is 54.9 Å². The minimum atomic E-state index is -0.973. The van der Waals surface area contributed by atoms with E-state index in [9.17, 15) is 9.59 Å². The summed E-state index contributed by atoms with van der Waals surface area (Å²) in [7, 11) is 0. The van der Waals surface area contributed by atoms with Crippen LogP contribution in [-0.4, -0.2) is 41.6 Å². The van der Waals surface area contributed by atoms with Crippen molar-refractivity contribution in [3.8, 4) is 5.75 Å². The minimum Gasteiger partial charge on any atom is -0.478 e. The van der Waals surface area contributed by atoms with Gasteiger partial charge in [-0.15, -0.1) is 0 Å². The van der Waals surface area contributed by atoms with Crippen molar-refractivity contribution in [2.24, 2.45) is 0 Å². The van der Waals surface area contributed by atoms with E-state index in [1.54, 1.807) is 6.08 Å². The molecular weight excluding hydrogens is 462 g/mol. The van der Waals surface area contributed by atoms with Crippen LogP contribution in [0.25, 0.3) is 17.2 Å². The fraction of sp³-hybridized carbons (Fsp3) is 0.250. The number of aliphatic carboxylic acids is 1. The number of hydrogen-bond acceptors (Lipinski definition) is 4. The number of esters is 1. The molecule has 37 heavy (non-hydrogen) atoms. The van der Waals surface area contributed by atoms with E-state index in [4.69, 9.17) is 9.84 Å². The molecule has 0 aromatic heterocycles. The third-order valence-corrected chi connectivity index (χ3v) is 6.57. The predicted molar refractivity (Wildman–Crippen MR) is 148 cm³/mol. The molecule has 3 aromatic rings. The van der Waals surface area contributed by atoms with Gasteiger partial charge in [-0.05, 0) is 84.0 Å². The number of carbonyl (C=O) groups is 2. The number of carboxylic acids is 1. The highest BCUT2D eigenvalue weighted by atomic mass is 16.5. The fourth-order valence-corrected chi connectivity index (χ4v) is 4.76. The number of likely N-dealkylation sites (tertiary alicyclic amines) is 1. The van der Waals surface area contributed by atoms with Crippen molar-refractivity contribution in [2.75, 3.05) is 19.6 Å². The monoisotopic (exact) mass is 495 g/mol. The first-order valence-corrected chi connectivity index (χ1v) is 12.9. The van der Waals surface area contributed by atoms with Crippen LogP contribution in [0.5, 0.6) is 5.75 Å². The van der Waals surface area contributed by atoms with Crippen LogP contribution in [-0.2, 0) is 9.59 Å². The molecule has 1 fully saturated rings. The summed E-state index contributed by atoms with van der Waals surface area (Å²) < 4.78 is 5.64. The van der Waals surface area contributed by atoms with E-state index in [1.807, 2.05) is 66.7 Å². The SMILES string of the molecule is CCC(=C(c1ccc(C=CC(=O)O)cc1)c1ccc(OC(=O)CN2CCCCC2)cc1)c1ccccc1. The van der Waals surface area contributed by atoms with Crippen molar-refractivity contribution in [1.82, 2.24) is 4.90 Å². The zero-order valence-corrected chi connectivity index (χ0v) is 21.2. The average molecular weight is 496 g/mol. The highest BCUT2D eigenvalue weighted by Crippen LogP contribution is 2.35. The predicted octanol–water partition coefficient (Wildman–Crippen LogP) is 6.54. The van der Waals surface area contributed by atoms with Gasteiger partial charge in [0.1, 0.15) is 5.75 Å². The van der Waals surface area contributed by atoms with Crippen molar-refractivity contribution in [2.45, 2.75) is 32.6 Å². The standard InChI is InChI=1S/C32H33NO4/c1-2-29(25-9-5-3-6-10-25)32(26-14-11-24(12-15-26)13-20-30(34)35)27-16-18-28(19-17-27)37-31(36)23-33-21-7-4-8-22-33/h3,5-6,9-20H,2,4,7-8,21-23H2,1H3,(H,34,35). The molecule has 0 saturated carbocycles. The van der Waals surface area contributed by atoms with Gasteiger partial charge >= 0.3 is 11.9 Å². The Hall–Kier alpha value is -3.96. The Bertz CT molecular complexity index is 1250. The maximum Gasteiger partial charge on any atom is 0.328 e. The van der Waals surface area contributed by atoms with Crippen LogP contribution in [0.4, 0.5) is 0 Å². The largest absolute Gasteiger partial charge is 0.478 e.